The first-order chi connectivity index (χ1) is 7.42. The summed E-state index contributed by atoms with van der Waals surface area (Å²) in [6.07, 6.45) is 0. The third-order valence-electron chi connectivity index (χ3n) is 1.98. The largest absolute Gasteiger partial charge is 0.454 e. The topological polar surface area (TPSA) is 40.6 Å². The Bertz CT molecular complexity index is 470. The normalized spacial score (nSPS) is 12.8. The van der Waals surface area contributed by atoms with Crippen LogP contribution >= 0.6 is 11.3 Å². The number of ether oxygens (including phenoxy) is 3. The number of fused-ring (bicyclic) bond motifs is 1. The molecule has 0 bridgehead atoms. The molecule has 0 aliphatic carbocycles. The molecular weight excluding hydrogens is 214 g/mol. The summed E-state index contributed by atoms with van der Waals surface area (Å²) in [4.78, 5) is 4.03. The van der Waals surface area contributed by atoms with Crippen molar-refractivity contribution in [3.8, 4) is 23.1 Å². The fourth-order valence-electron chi connectivity index (χ4n) is 1.31. The first-order valence-electron chi connectivity index (χ1n) is 4.37. The third-order valence-corrected chi connectivity index (χ3v) is 2.54. The number of benzene rings is 1. The smallest absolute Gasteiger partial charge is 0.231 e. The molecule has 0 N–H and O–H groups in total. The Balaban J connectivity index is 1.87. The minimum Gasteiger partial charge on any atom is -0.454 e. The second kappa shape index (κ2) is 3.43. The zero-order valence-corrected chi connectivity index (χ0v) is 8.49. The first-order valence-corrected chi connectivity index (χ1v) is 5.32. The summed E-state index contributed by atoms with van der Waals surface area (Å²) in [5, 5.41) is 1.84. The van der Waals surface area contributed by atoms with Crippen molar-refractivity contribution in [2.75, 3.05) is 6.79 Å². The van der Waals surface area contributed by atoms with Crippen LogP contribution in [0.1, 0.15) is 0 Å². The summed E-state index contributed by atoms with van der Waals surface area (Å²) in [5.41, 5.74) is 1.72. The van der Waals surface area contributed by atoms with Gasteiger partial charge in [-0.25, -0.2) is 4.98 Å². The second-order valence-corrected chi connectivity index (χ2v) is 3.66. The lowest BCUT2D eigenvalue weighted by atomic mass is 10.3. The van der Waals surface area contributed by atoms with Gasteiger partial charge in [-0.1, -0.05) is 0 Å². The summed E-state index contributed by atoms with van der Waals surface area (Å²) in [5.74, 6) is 2.76. The summed E-state index contributed by atoms with van der Waals surface area (Å²) in [7, 11) is 0. The Morgan fingerprint density at radius 1 is 1.27 bits per heavy atom. The number of rotatable bonds is 2. The lowest BCUT2D eigenvalue weighted by Crippen LogP contribution is -1.92. The van der Waals surface area contributed by atoms with E-state index in [2.05, 4.69) is 4.98 Å². The number of hydrogen-bond donors (Lipinski definition) is 0. The van der Waals surface area contributed by atoms with Crippen LogP contribution in [0.4, 0.5) is 0 Å². The Kier molecular flexibility index (Phi) is 1.96. The van der Waals surface area contributed by atoms with E-state index in [-0.39, 0.29) is 6.79 Å². The summed E-state index contributed by atoms with van der Waals surface area (Å²) < 4.78 is 15.9. The standard InChI is InChI=1S/C10H7NO3S/c1-2-8-9(13-6-12-8)3-7(1)14-10-4-15-5-11-10/h1-5H,6H2. The van der Waals surface area contributed by atoms with Gasteiger partial charge in [-0.05, 0) is 12.1 Å². The fourth-order valence-corrected chi connectivity index (χ4v) is 1.76. The molecular formula is C10H7NO3S. The monoisotopic (exact) mass is 221 g/mol. The Labute approximate surface area is 90.0 Å². The molecule has 1 aliphatic rings. The predicted octanol–water partition coefficient (Wildman–Crippen LogP) is 2.66. The summed E-state index contributed by atoms with van der Waals surface area (Å²) in [6.45, 7) is 0.273. The van der Waals surface area contributed by atoms with Gasteiger partial charge in [-0.3, -0.25) is 0 Å². The highest BCUT2D eigenvalue weighted by Crippen LogP contribution is 2.36. The number of hydrogen-bond acceptors (Lipinski definition) is 5. The van der Waals surface area contributed by atoms with Gasteiger partial charge >= 0.3 is 0 Å². The van der Waals surface area contributed by atoms with Crippen molar-refractivity contribution in [1.82, 2.24) is 4.98 Å². The van der Waals surface area contributed by atoms with Crippen LogP contribution in [0.5, 0.6) is 23.1 Å². The van der Waals surface area contributed by atoms with Crippen LogP contribution in [0.15, 0.2) is 29.1 Å². The maximum absolute atomic E-state index is 5.51. The highest BCUT2D eigenvalue weighted by Gasteiger charge is 2.14. The molecule has 0 unspecified atom stereocenters. The van der Waals surface area contributed by atoms with E-state index in [9.17, 15) is 0 Å². The SMILES string of the molecule is c1nc(Oc2ccc3c(c2)OCO3)cs1. The number of thiazole rings is 1. The maximum Gasteiger partial charge on any atom is 0.231 e. The zero-order chi connectivity index (χ0) is 10.1. The number of nitrogens with zero attached hydrogens (tertiary/aromatic N) is 1. The molecule has 3 rings (SSSR count). The van der Waals surface area contributed by atoms with E-state index in [4.69, 9.17) is 14.2 Å². The van der Waals surface area contributed by atoms with Gasteiger partial charge in [-0.15, -0.1) is 11.3 Å². The van der Waals surface area contributed by atoms with Crippen LogP contribution < -0.4 is 14.2 Å². The van der Waals surface area contributed by atoms with E-state index < -0.39 is 0 Å². The first kappa shape index (κ1) is 8.55. The molecule has 1 aromatic carbocycles. The quantitative estimate of drug-likeness (QED) is 0.781. The van der Waals surface area contributed by atoms with Crippen LogP contribution in [0.25, 0.3) is 0 Å². The Morgan fingerprint density at radius 2 is 2.20 bits per heavy atom. The molecule has 5 heteroatoms. The third kappa shape index (κ3) is 1.61. The van der Waals surface area contributed by atoms with Crippen molar-refractivity contribution in [3.05, 3.63) is 29.1 Å². The van der Waals surface area contributed by atoms with E-state index in [0.717, 1.165) is 5.75 Å². The van der Waals surface area contributed by atoms with Crippen LogP contribution in [0, 0.1) is 0 Å². The second-order valence-electron chi connectivity index (χ2n) is 2.94. The average Bonchev–Trinajstić information content (AvgIpc) is 2.87. The van der Waals surface area contributed by atoms with E-state index in [1.54, 1.807) is 11.6 Å². The van der Waals surface area contributed by atoms with Gasteiger partial charge < -0.3 is 14.2 Å². The van der Waals surface area contributed by atoms with Crippen molar-refractivity contribution in [2.24, 2.45) is 0 Å². The summed E-state index contributed by atoms with van der Waals surface area (Å²) in [6, 6.07) is 5.44. The molecule has 2 aromatic rings. The highest BCUT2D eigenvalue weighted by atomic mass is 32.1. The van der Waals surface area contributed by atoms with Gasteiger partial charge in [0.25, 0.3) is 0 Å². The van der Waals surface area contributed by atoms with Crippen molar-refractivity contribution in [3.63, 3.8) is 0 Å². The molecule has 76 valence electrons. The molecule has 0 amide bonds. The van der Waals surface area contributed by atoms with Gasteiger partial charge in [0.1, 0.15) is 5.75 Å². The van der Waals surface area contributed by atoms with Gasteiger partial charge in [0.15, 0.2) is 11.5 Å². The van der Waals surface area contributed by atoms with Crippen LogP contribution in [-0.2, 0) is 0 Å². The Hall–Kier alpha value is -1.75. The minimum atomic E-state index is 0.273. The van der Waals surface area contributed by atoms with Crippen molar-refractivity contribution >= 4 is 11.3 Å². The zero-order valence-electron chi connectivity index (χ0n) is 7.67. The number of aromatic nitrogens is 1. The van der Waals surface area contributed by atoms with E-state index in [1.807, 2.05) is 17.5 Å². The molecule has 0 spiro atoms. The van der Waals surface area contributed by atoms with E-state index in [1.165, 1.54) is 11.3 Å². The van der Waals surface area contributed by atoms with Crippen molar-refractivity contribution in [2.45, 2.75) is 0 Å². The molecule has 0 radical (unpaired) electrons. The summed E-state index contributed by atoms with van der Waals surface area (Å²) >= 11 is 1.49. The minimum absolute atomic E-state index is 0.273. The molecule has 0 fully saturated rings. The van der Waals surface area contributed by atoms with E-state index in [0.29, 0.717) is 17.4 Å². The van der Waals surface area contributed by atoms with Crippen molar-refractivity contribution in [1.29, 1.82) is 0 Å². The van der Waals surface area contributed by atoms with Gasteiger partial charge in [-0.2, -0.15) is 0 Å². The van der Waals surface area contributed by atoms with Crippen LogP contribution in [0.2, 0.25) is 0 Å². The van der Waals surface area contributed by atoms with Crippen LogP contribution in [-0.4, -0.2) is 11.8 Å². The average molecular weight is 221 g/mol. The lowest BCUT2D eigenvalue weighted by molar-refractivity contribution is 0.174. The molecule has 0 saturated carbocycles. The highest BCUT2D eigenvalue weighted by molar-refractivity contribution is 7.07. The van der Waals surface area contributed by atoms with Crippen LogP contribution in [0.3, 0.4) is 0 Å². The molecule has 0 atom stereocenters. The lowest BCUT2D eigenvalue weighted by Gasteiger charge is -2.02. The molecule has 1 aliphatic heterocycles. The van der Waals surface area contributed by atoms with Gasteiger partial charge in [0.05, 0.1) is 10.9 Å². The fraction of sp³-hybridized carbons (Fsp3) is 0.100. The molecule has 2 heterocycles. The Morgan fingerprint density at radius 3 is 3.07 bits per heavy atom. The maximum atomic E-state index is 5.51. The van der Waals surface area contributed by atoms with Gasteiger partial charge in [0, 0.05) is 6.07 Å². The molecule has 1 aromatic heterocycles. The predicted molar refractivity (Wildman–Crippen MR) is 54.8 cm³/mol. The van der Waals surface area contributed by atoms with E-state index >= 15 is 0 Å². The molecule has 0 saturated heterocycles. The molecule has 4 nitrogen and oxygen atoms in total. The van der Waals surface area contributed by atoms with Crippen molar-refractivity contribution < 1.29 is 14.2 Å². The van der Waals surface area contributed by atoms with Gasteiger partial charge in [0.2, 0.25) is 12.7 Å². The molecule has 15 heavy (non-hydrogen) atoms.